The van der Waals surface area contributed by atoms with Crippen molar-refractivity contribution >= 4 is 17.7 Å². The van der Waals surface area contributed by atoms with E-state index in [-0.39, 0.29) is 0 Å². The third kappa shape index (κ3) is 5.17. The van der Waals surface area contributed by atoms with E-state index in [2.05, 4.69) is 0 Å². The van der Waals surface area contributed by atoms with Gasteiger partial charge >= 0.3 is 5.97 Å². The third-order valence-corrected chi connectivity index (χ3v) is 3.00. The number of carboxylic acid groups (broad SMARTS) is 1. The summed E-state index contributed by atoms with van der Waals surface area (Å²) in [6.45, 7) is 2.01. The molecular weight excluding hydrogens is 246 g/mol. The molecule has 0 unspecified atom stereocenters. The molecule has 0 atom stereocenters. The number of alkyl halides is 2. The number of thioether (sulfide) groups is 1. The number of carboxylic acids is 1. The molecule has 1 N–H and O–H groups in total. The van der Waals surface area contributed by atoms with Crippen molar-refractivity contribution in [1.29, 1.82) is 0 Å². The molecular formula is C12H14F2O2S. The minimum absolute atomic E-state index is 0.455. The van der Waals surface area contributed by atoms with Gasteiger partial charge in [0, 0.05) is 11.3 Å². The normalized spacial score (nSPS) is 11.5. The minimum atomic E-state index is -3.19. The van der Waals surface area contributed by atoms with Crippen molar-refractivity contribution in [3.63, 3.8) is 0 Å². The van der Waals surface area contributed by atoms with Gasteiger partial charge in [0.05, 0.1) is 0 Å². The fraction of sp³-hybridized carbons (Fsp3) is 0.417. The van der Waals surface area contributed by atoms with Gasteiger partial charge in [-0.15, -0.1) is 11.8 Å². The van der Waals surface area contributed by atoms with Crippen LogP contribution in [0.25, 0.3) is 0 Å². The molecule has 0 fully saturated rings. The zero-order chi connectivity index (χ0) is 12.9. The molecule has 0 saturated heterocycles. The van der Waals surface area contributed by atoms with Gasteiger partial charge in [0.2, 0.25) is 0 Å². The molecule has 0 amide bonds. The van der Waals surface area contributed by atoms with E-state index in [9.17, 15) is 13.6 Å². The van der Waals surface area contributed by atoms with Crippen LogP contribution in [0.5, 0.6) is 0 Å². The maximum atomic E-state index is 13.2. The predicted molar refractivity (Wildman–Crippen MR) is 63.7 cm³/mol. The van der Waals surface area contributed by atoms with E-state index in [1.54, 1.807) is 36.0 Å². The van der Waals surface area contributed by atoms with Crippen LogP contribution in [-0.2, 0) is 11.2 Å². The Bertz CT molecular complexity index is 377. The number of aliphatic carboxylic acids is 1. The number of hydrogen-bond acceptors (Lipinski definition) is 2. The van der Waals surface area contributed by atoms with Crippen LogP contribution in [0.15, 0.2) is 29.2 Å². The van der Waals surface area contributed by atoms with Crippen LogP contribution in [0.3, 0.4) is 0 Å². The van der Waals surface area contributed by atoms with Gasteiger partial charge in [0.1, 0.15) is 6.42 Å². The van der Waals surface area contributed by atoms with E-state index in [4.69, 9.17) is 5.11 Å². The van der Waals surface area contributed by atoms with Crippen LogP contribution in [0.4, 0.5) is 8.78 Å². The topological polar surface area (TPSA) is 37.3 Å². The van der Waals surface area contributed by atoms with Crippen LogP contribution in [-0.4, -0.2) is 22.8 Å². The molecule has 1 aromatic rings. The standard InChI is InChI=1S/C12H14F2O2S/c1-2-17-10-5-3-9(4-6-10)7-12(13,14)8-11(15)16/h3-6H,2,7-8H2,1H3,(H,15,16). The van der Waals surface area contributed by atoms with Gasteiger partial charge in [0.15, 0.2) is 0 Å². The summed E-state index contributed by atoms with van der Waals surface area (Å²) in [5, 5.41) is 8.36. The van der Waals surface area contributed by atoms with E-state index in [0.29, 0.717) is 5.56 Å². The highest BCUT2D eigenvalue weighted by molar-refractivity contribution is 7.99. The minimum Gasteiger partial charge on any atom is -0.481 e. The fourth-order valence-corrected chi connectivity index (χ4v) is 2.11. The van der Waals surface area contributed by atoms with Gasteiger partial charge in [-0.2, -0.15) is 0 Å². The van der Waals surface area contributed by atoms with E-state index in [0.717, 1.165) is 10.6 Å². The Morgan fingerprint density at radius 1 is 1.35 bits per heavy atom. The van der Waals surface area contributed by atoms with Crippen molar-refractivity contribution in [3.8, 4) is 0 Å². The van der Waals surface area contributed by atoms with Crippen LogP contribution >= 0.6 is 11.8 Å². The lowest BCUT2D eigenvalue weighted by atomic mass is 10.1. The Morgan fingerprint density at radius 3 is 2.41 bits per heavy atom. The van der Waals surface area contributed by atoms with Gasteiger partial charge in [-0.1, -0.05) is 19.1 Å². The Morgan fingerprint density at radius 2 is 1.94 bits per heavy atom. The molecule has 5 heteroatoms. The first-order valence-electron chi connectivity index (χ1n) is 5.24. The summed E-state index contributed by atoms with van der Waals surface area (Å²) in [7, 11) is 0. The molecule has 0 radical (unpaired) electrons. The van der Waals surface area contributed by atoms with Crippen molar-refractivity contribution in [3.05, 3.63) is 29.8 Å². The highest BCUT2D eigenvalue weighted by atomic mass is 32.2. The second-order valence-electron chi connectivity index (χ2n) is 3.68. The Hall–Kier alpha value is -1.10. The molecule has 0 heterocycles. The quantitative estimate of drug-likeness (QED) is 0.796. The third-order valence-electron chi connectivity index (χ3n) is 2.11. The highest BCUT2D eigenvalue weighted by Crippen LogP contribution is 2.25. The maximum absolute atomic E-state index is 13.2. The fourth-order valence-electron chi connectivity index (χ4n) is 1.45. The van der Waals surface area contributed by atoms with E-state index in [1.807, 2.05) is 6.92 Å². The zero-order valence-corrected chi connectivity index (χ0v) is 10.3. The van der Waals surface area contributed by atoms with Crippen molar-refractivity contribution in [2.45, 2.75) is 30.6 Å². The number of halogens is 2. The van der Waals surface area contributed by atoms with Crippen LogP contribution < -0.4 is 0 Å². The Kier molecular flexibility index (Phi) is 4.93. The summed E-state index contributed by atoms with van der Waals surface area (Å²) in [6.07, 6.45) is -1.66. The van der Waals surface area contributed by atoms with Gasteiger partial charge in [-0.05, 0) is 23.4 Å². The first-order chi connectivity index (χ1) is 7.93. The largest absolute Gasteiger partial charge is 0.481 e. The zero-order valence-electron chi connectivity index (χ0n) is 9.45. The van der Waals surface area contributed by atoms with Gasteiger partial charge in [-0.25, -0.2) is 8.78 Å². The Balaban J connectivity index is 2.65. The second kappa shape index (κ2) is 6.00. The molecule has 17 heavy (non-hydrogen) atoms. The smallest absolute Gasteiger partial charge is 0.309 e. The van der Waals surface area contributed by atoms with Gasteiger partial charge in [-0.3, -0.25) is 4.79 Å². The maximum Gasteiger partial charge on any atom is 0.309 e. The van der Waals surface area contributed by atoms with Crippen molar-refractivity contribution in [2.24, 2.45) is 0 Å². The lowest BCUT2D eigenvalue weighted by molar-refractivity contribution is -0.144. The second-order valence-corrected chi connectivity index (χ2v) is 5.02. The monoisotopic (exact) mass is 260 g/mol. The molecule has 0 aliphatic heterocycles. The van der Waals surface area contributed by atoms with E-state index in [1.165, 1.54) is 0 Å². The van der Waals surface area contributed by atoms with Crippen molar-refractivity contribution < 1.29 is 18.7 Å². The summed E-state index contributed by atoms with van der Waals surface area (Å²) in [5.74, 6) is -3.74. The number of benzene rings is 1. The van der Waals surface area contributed by atoms with Gasteiger partial charge < -0.3 is 5.11 Å². The predicted octanol–water partition coefficient (Wildman–Crippen LogP) is 3.45. The molecule has 2 nitrogen and oxygen atoms in total. The molecule has 0 aliphatic carbocycles. The number of carbonyl (C=O) groups is 1. The summed E-state index contributed by atoms with van der Waals surface area (Å²) >= 11 is 1.63. The SMILES string of the molecule is CCSc1ccc(CC(F)(F)CC(=O)O)cc1. The van der Waals surface area contributed by atoms with Gasteiger partial charge in [0.25, 0.3) is 5.92 Å². The lowest BCUT2D eigenvalue weighted by Gasteiger charge is -2.14. The van der Waals surface area contributed by atoms with Crippen LogP contribution in [0.2, 0.25) is 0 Å². The molecule has 0 bridgehead atoms. The molecule has 0 aliphatic rings. The molecule has 1 aromatic carbocycles. The molecule has 94 valence electrons. The van der Waals surface area contributed by atoms with E-state index < -0.39 is 24.7 Å². The van der Waals surface area contributed by atoms with Crippen molar-refractivity contribution in [2.75, 3.05) is 5.75 Å². The Labute approximate surface area is 103 Å². The molecule has 0 aromatic heterocycles. The summed E-state index contributed by atoms with van der Waals surface area (Å²) in [6, 6.07) is 6.79. The summed E-state index contributed by atoms with van der Waals surface area (Å²) < 4.78 is 26.4. The van der Waals surface area contributed by atoms with E-state index >= 15 is 0 Å². The lowest BCUT2D eigenvalue weighted by Crippen LogP contribution is -2.23. The summed E-state index contributed by atoms with van der Waals surface area (Å²) in [4.78, 5) is 11.3. The van der Waals surface area contributed by atoms with Crippen LogP contribution in [0, 0.1) is 0 Å². The molecule has 1 rings (SSSR count). The van der Waals surface area contributed by atoms with Crippen LogP contribution in [0.1, 0.15) is 18.9 Å². The summed E-state index contributed by atoms with van der Waals surface area (Å²) in [5.41, 5.74) is 0.455. The van der Waals surface area contributed by atoms with Crippen molar-refractivity contribution in [1.82, 2.24) is 0 Å². The first kappa shape index (κ1) is 14.0. The number of hydrogen-bond donors (Lipinski definition) is 1. The molecule has 0 spiro atoms. The molecule has 0 saturated carbocycles. The first-order valence-corrected chi connectivity index (χ1v) is 6.23. The average molecular weight is 260 g/mol. The number of rotatable bonds is 6. The highest BCUT2D eigenvalue weighted by Gasteiger charge is 2.32. The average Bonchev–Trinajstić information content (AvgIpc) is 2.18.